The number of amides is 1. The zero-order valence-corrected chi connectivity index (χ0v) is 7.18. The number of hydrogen-bond donors (Lipinski definition) is 1. The Bertz CT molecular complexity index is 202. The molecule has 2 heteroatoms. The van der Waals surface area contributed by atoms with Gasteiger partial charge in [0.1, 0.15) is 0 Å². The van der Waals surface area contributed by atoms with Crippen LogP contribution in [-0.2, 0) is 4.79 Å². The molecule has 0 aromatic carbocycles. The van der Waals surface area contributed by atoms with Crippen LogP contribution in [0, 0.1) is 11.3 Å². The molecule has 11 heavy (non-hydrogen) atoms. The minimum atomic E-state index is 0.254. The Labute approximate surface area is 67.4 Å². The summed E-state index contributed by atoms with van der Waals surface area (Å²) in [6.45, 7) is 4.40. The third-order valence-electron chi connectivity index (χ3n) is 3.75. The van der Waals surface area contributed by atoms with E-state index >= 15 is 0 Å². The predicted octanol–water partition coefficient (Wildman–Crippen LogP) is 1.31. The van der Waals surface area contributed by atoms with E-state index in [1.807, 2.05) is 0 Å². The van der Waals surface area contributed by atoms with Crippen LogP contribution in [0.25, 0.3) is 0 Å². The Morgan fingerprint density at radius 3 is 2.45 bits per heavy atom. The first-order chi connectivity index (χ1) is 5.15. The summed E-state index contributed by atoms with van der Waals surface area (Å²) in [6, 6.07) is 0.416. The number of nitrogens with one attached hydrogen (secondary N) is 1. The molecule has 2 nitrogen and oxygen atoms in total. The highest BCUT2D eigenvalue weighted by Crippen LogP contribution is 2.53. The molecular weight excluding hydrogens is 138 g/mol. The maximum Gasteiger partial charge on any atom is 0.220 e. The summed E-state index contributed by atoms with van der Waals surface area (Å²) in [5.41, 5.74) is 0.344. The highest BCUT2D eigenvalue weighted by atomic mass is 16.2. The molecule has 1 heterocycles. The summed E-state index contributed by atoms with van der Waals surface area (Å²) in [5, 5.41) is 3.00. The largest absolute Gasteiger partial charge is 0.353 e. The molecule has 3 atom stereocenters. The smallest absolute Gasteiger partial charge is 0.220 e. The molecule has 1 aliphatic carbocycles. The van der Waals surface area contributed by atoms with Gasteiger partial charge in [0, 0.05) is 17.9 Å². The van der Waals surface area contributed by atoms with Gasteiger partial charge in [-0.15, -0.1) is 0 Å². The number of carbonyl (C=O) groups is 1. The Kier molecular flexibility index (Phi) is 1.29. The average molecular weight is 153 g/mol. The zero-order chi connectivity index (χ0) is 8.06. The lowest BCUT2D eigenvalue weighted by Gasteiger charge is -2.47. The third kappa shape index (κ3) is 0.754. The Hall–Kier alpha value is -0.530. The highest BCUT2D eigenvalue weighted by molar-refractivity contribution is 5.80. The molecule has 0 bridgehead atoms. The van der Waals surface area contributed by atoms with Gasteiger partial charge in [0.2, 0.25) is 5.91 Å². The van der Waals surface area contributed by atoms with E-state index in [1.165, 1.54) is 12.8 Å². The van der Waals surface area contributed by atoms with Gasteiger partial charge in [-0.25, -0.2) is 0 Å². The molecule has 1 spiro atoms. The monoisotopic (exact) mass is 153 g/mol. The van der Waals surface area contributed by atoms with Crippen molar-refractivity contribution in [3.05, 3.63) is 0 Å². The molecule has 1 aliphatic heterocycles. The summed E-state index contributed by atoms with van der Waals surface area (Å²) in [5.74, 6) is 1.00. The molecule has 2 fully saturated rings. The van der Waals surface area contributed by atoms with Crippen LogP contribution in [0.15, 0.2) is 0 Å². The first-order valence-electron chi connectivity index (χ1n) is 4.44. The quantitative estimate of drug-likeness (QED) is 0.558. The summed E-state index contributed by atoms with van der Waals surface area (Å²) < 4.78 is 0. The average Bonchev–Trinajstić information content (AvgIpc) is 2.25. The van der Waals surface area contributed by atoms with Gasteiger partial charge in [-0.05, 0) is 25.7 Å². The summed E-state index contributed by atoms with van der Waals surface area (Å²) in [7, 11) is 0. The first kappa shape index (κ1) is 7.14. The highest BCUT2D eigenvalue weighted by Gasteiger charge is 2.53. The van der Waals surface area contributed by atoms with Crippen molar-refractivity contribution in [2.75, 3.05) is 0 Å². The van der Waals surface area contributed by atoms with Gasteiger partial charge in [-0.2, -0.15) is 0 Å². The molecule has 1 N–H and O–H groups in total. The van der Waals surface area contributed by atoms with E-state index < -0.39 is 0 Å². The van der Waals surface area contributed by atoms with Crippen LogP contribution >= 0.6 is 0 Å². The van der Waals surface area contributed by atoms with Gasteiger partial charge in [-0.3, -0.25) is 4.79 Å². The molecule has 1 saturated heterocycles. The molecule has 1 saturated carbocycles. The van der Waals surface area contributed by atoms with Gasteiger partial charge in [0.25, 0.3) is 0 Å². The Balaban J connectivity index is 2.19. The van der Waals surface area contributed by atoms with E-state index in [1.54, 1.807) is 0 Å². The van der Waals surface area contributed by atoms with Gasteiger partial charge >= 0.3 is 0 Å². The van der Waals surface area contributed by atoms with Gasteiger partial charge in [0.05, 0.1) is 0 Å². The van der Waals surface area contributed by atoms with Crippen LogP contribution in [-0.4, -0.2) is 11.9 Å². The molecule has 1 amide bonds. The van der Waals surface area contributed by atoms with Gasteiger partial charge in [0.15, 0.2) is 0 Å². The maximum atomic E-state index is 11.1. The van der Waals surface area contributed by atoms with Crippen molar-refractivity contribution in [2.45, 2.75) is 39.2 Å². The topological polar surface area (TPSA) is 29.1 Å². The van der Waals surface area contributed by atoms with Crippen molar-refractivity contribution < 1.29 is 4.79 Å². The summed E-state index contributed by atoms with van der Waals surface area (Å²) in [6.07, 6.45) is 3.32. The number of carbonyl (C=O) groups excluding carboxylic acids is 1. The Morgan fingerprint density at radius 1 is 1.55 bits per heavy atom. The van der Waals surface area contributed by atoms with Crippen molar-refractivity contribution in [1.29, 1.82) is 0 Å². The van der Waals surface area contributed by atoms with E-state index in [4.69, 9.17) is 0 Å². The second-order valence-electron chi connectivity index (χ2n) is 4.14. The van der Waals surface area contributed by atoms with Crippen molar-refractivity contribution in [2.24, 2.45) is 11.3 Å². The van der Waals surface area contributed by atoms with E-state index in [0.29, 0.717) is 11.5 Å². The SMILES string of the molecule is CC1CCC12CC(=O)NC2C. The lowest BCUT2D eigenvalue weighted by atomic mass is 9.57. The van der Waals surface area contributed by atoms with Crippen molar-refractivity contribution >= 4 is 5.91 Å². The second-order valence-corrected chi connectivity index (χ2v) is 4.14. The van der Waals surface area contributed by atoms with E-state index in [-0.39, 0.29) is 5.91 Å². The van der Waals surface area contributed by atoms with Crippen LogP contribution in [0.1, 0.15) is 33.1 Å². The van der Waals surface area contributed by atoms with E-state index in [9.17, 15) is 4.79 Å². The van der Waals surface area contributed by atoms with Gasteiger partial charge < -0.3 is 5.32 Å². The molecule has 3 unspecified atom stereocenters. The normalized spacial score (nSPS) is 49.1. The minimum Gasteiger partial charge on any atom is -0.353 e. The Morgan fingerprint density at radius 2 is 2.27 bits per heavy atom. The lowest BCUT2D eigenvalue weighted by Crippen LogP contribution is -2.46. The number of rotatable bonds is 0. The molecule has 62 valence electrons. The predicted molar refractivity (Wildman–Crippen MR) is 43.1 cm³/mol. The van der Waals surface area contributed by atoms with Crippen LogP contribution in [0.4, 0.5) is 0 Å². The van der Waals surface area contributed by atoms with Crippen LogP contribution < -0.4 is 5.32 Å². The summed E-state index contributed by atoms with van der Waals surface area (Å²) in [4.78, 5) is 11.1. The standard InChI is InChI=1S/C9H15NO/c1-6-3-4-9(6)5-8(11)10-7(9)2/h6-7H,3-5H2,1-2H3,(H,10,11). The van der Waals surface area contributed by atoms with Crippen molar-refractivity contribution in [3.8, 4) is 0 Å². The van der Waals surface area contributed by atoms with E-state index in [2.05, 4.69) is 19.2 Å². The van der Waals surface area contributed by atoms with Gasteiger partial charge in [-0.1, -0.05) is 6.92 Å². The van der Waals surface area contributed by atoms with E-state index in [0.717, 1.165) is 12.3 Å². The molecule has 2 rings (SSSR count). The van der Waals surface area contributed by atoms with Crippen LogP contribution in [0.5, 0.6) is 0 Å². The molecule has 0 radical (unpaired) electrons. The fourth-order valence-electron chi connectivity index (χ4n) is 2.60. The fourth-order valence-corrected chi connectivity index (χ4v) is 2.60. The van der Waals surface area contributed by atoms with Crippen molar-refractivity contribution in [3.63, 3.8) is 0 Å². The zero-order valence-electron chi connectivity index (χ0n) is 7.18. The van der Waals surface area contributed by atoms with Crippen LogP contribution in [0.3, 0.4) is 0 Å². The number of hydrogen-bond acceptors (Lipinski definition) is 1. The third-order valence-corrected chi connectivity index (χ3v) is 3.75. The van der Waals surface area contributed by atoms with Crippen molar-refractivity contribution in [1.82, 2.24) is 5.32 Å². The first-order valence-corrected chi connectivity index (χ1v) is 4.44. The maximum absolute atomic E-state index is 11.1. The second kappa shape index (κ2) is 1.99. The molecule has 0 aromatic rings. The molecular formula is C9H15NO. The van der Waals surface area contributed by atoms with Crippen LogP contribution in [0.2, 0.25) is 0 Å². The minimum absolute atomic E-state index is 0.254. The summed E-state index contributed by atoms with van der Waals surface area (Å²) >= 11 is 0. The molecule has 0 aromatic heterocycles. The fraction of sp³-hybridized carbons (Fsp3) is 0.889. The molecule has 2 aliphatic rings. The lowest BCUT2D eigenvalue weighted by molar-refractivity contribution is -0.120.